The summed E-state index contributed by atoms with van der Waals surface area (Å²) in [6.07, 6.45) is 0. The Morgan fingerprint density at radius 1 is 1.10 bits per heavy atom. The molecule has 0 saturated heterocycles. The van der Waals surface area contributed by atoms with Crippen LogP contribution in [0.1, 0.15) is 5.56 Å². The van der Waals surface area contributed by atoms with E-state index in [0.29, 0.717) is 22.3 Å². The van der Waals surface area contributed by atoms with Crippen LogP contribution in [-0.2, 0) is 0 Å². The Labute approximate surface area is 121 Å². The summed E-state index contributed by atoms with van der Waals surface area (Å²) in [4.78, 5) is 12.3. The van der Waals surface area contributed by atoms with Gasteiger partial charge in [-0.1, -0.05) is 35.9 Å². The normalized spacial score (nSPS) is 10.8. The first-order valence-electron chi connectivity index (χ1n) is 6.51. The minimum Gasteiger partial charge on any atom is -0.502 e. The number of hydrogen-bond acceptors (Lipinski definition) is 4. The molecule has 2 aromatic carbocycles. The molecule has 0 unspecified atom stereocenters. The van der Waals surface area contributed by atoms with E-state index in [-0.39, 0.29) is 11.5 Å². The number of aromatic hydroxyl groups is 1. The first-order chi connectivity index (χ1) is 10.1. The molecule has 0 radical (unpaired) electrons. The summed E-state index contributed by atoms with van der Waals surface area (Å²) < 4.78 is 11.0. The lowest BCUT2D eigenvalue weighted by molar-refractivity contribution is 0.405. The van der Waals surface area contributed by atoms with Gasteiger partial charge in [-0.25, -0.2) is 0 Å². The van der Waals surface area contributed by atoms with E-state index in [2.05, 4.69) is 0 Å². The van der Waals surface area contributed by atoms with Crippen molar-refractivity contribution >= 4 is 11.0 Å². The van der Waals surface area contributed by atoms with Gasteiger partial charge in [0.25, 0.3) is 0 Å². The number of ether oxygens (including phenoxy) is 1. The Morgan fingerprint density at radius 2 is 1.81 bits per heavy atom. The zero-order valence-electron chi connectivity index (χ0n) is 11.7. The zero-order chi connectivity index (χ0) is 15.0. The van der Waals surface area contributed by atoms with Crippen LogP contribution in [0.5, 0.6) is 11.5 Å². The number of para-hydroxylation sites is 1. The smallest absolute Gasteiger partial charge is 0.235 e. The lowest BCUT2D eigenvalue weighted by atomic mass is 10.1. The van der Waals surface area contributed by atoms with Gasteiger partial charge >= 0.3 is 0 Å². The molecule has 1 aromatic heterocycles. The average molecular weight is 282 g/mol. The monoisotopic (exact) mass is 282 g/mol. The summed E-state index contributed by atoms with van der Waals surface area (Å²) in [7, 11) is 1.51. The van der Waals surface area contributed by atoms with Crippen LogP contribution >= 0.6 is 0 Å². The lowest BCUT2D eigenvalue weighted by Crippen LogP contribution is -2.03. The molecule has 0 bridgehead atoms. The van der Waals surface area contributed by atoms with E-state index in [1.54, 1.807) is 30.3 Å². The molecule has 0 amide bonds. The van der Waals surface area contributed by atoms with Crippen LogP contribution < -0.4 is 10.2 Å². The van der Waals surface area contributed by atoms with Crippen molar-refractivity contribution in [2.24, 2.45) is 0 Å². The molecule has 0 atom stereocenters. The Balaban J connectivity index is 2.36. The standard InChI is InChI=1S/C17H14O4/c1-10-6-8-11(9-7-10)16-15(19)14(18)12-4-3-5-13(20-2)17(12)21-16/h3-9,19H,1-2H3. The van der Waals surface area contributed by atoms with Crippen LogP contribution in [0.3, 0.4) is 0 Å². The van der Waals surface area contributed by atoms with Crippen molar-refractivity contribution < 1.29 is 14.3 Å². The largest absolute Gasteiger partial charge is 0.502 e. The van der Waals surface area contributed by atoms with Crippen LogP contribution in [0.25, 0.3) is 22.3 Å². The van der Waals surface area contributed by atoms with Gasteiger partial charge in [-0.15, -0.1) is 0 Å². The highest BCUT2D eigenvalue weighted by Gasteiger charge is 2.17. The predicted octanol–water partition coefficient (Wildman–Crippen LogP) is 3.48. The van der Waals surface area contributed by atoms with Crippen molar-refractivity contribution in [3.05, 3.63) is 58.3 Å². The number of aryl methyl sites for hydroxylation is 1. The molecule has 106 valence electrons. The molecular formula is C17H14O4. The Kier molecular flexibility index (Phi) is 3.14. The highest BCUT2D eigenvalue weighted by atomic mass is 16.5. The second-order valence-electron chi connectivity index (χ2n) is 4.81. The fourth-order valence-corrected chi connectivity index (χ4v) is 2.24. The maximum Gasteiger partial charge on any atom is 0.235 e. The predicted molar refractivity (Wildman–Crippen MR) is 80.9 cm³/mol. The van der Waals surface area contributed by atoms with Crippen molar-refractivity contribution in [1.82, 2.24) is 0 Å². The molecule has 3 aromatic rings. The molecule has 4 nitrogen and oxygen atoms in total. The number of rotatable bonds is 2. The third kappa shape index (κ3) is 2.14. The van der Waals surface area contributed by atoms with Gasteiger partial charge in [-0.3, -0.25) is 4.79 Å². The maximum absolute atomic E-state index is 12.3. The lowest BCUT2D eigenvalue weighted by Gasteiger charge is -2.08. The van der Waals surface area contributed by atoms with Gasteiger partial charge in [0.2, 0.25) is 11.2 Å². The number of fused-ring (bicyclic) bond motifs is 1. The molecule has 1 N–H and O–H groups in total. The third-order valence-electron chi connectivity index (χ3n) is 3.39. The summed E-state index contributed by atoms with van der Waals surface area (Å²) in [5, 5.41) is 10.4. The van der Waals surface area contributed by atoms with Crippen molar-refractivity contribution in [3.63, 3.8) is 0 Å². The molecule has 0 saturated carbocycles. The summed E-state index contributed by atoms with van der Waals surface area (Å²) in [6, 6.07) is 12.4. The molecule has 0 aliphatic rings. The molecule has 4 heteroatoms. The van der Waals surface area contributed by atoms with Crippen molar-refractivity contribution in [1.29, 1.82) is 0 Å². The summed E-state index contributed by atoms with van der Waals surface area (Å²) in [5.74, 6) is 0.217. The summed E-state index contributed by atoms with van der Waals surface area (Å²) in [6.45, 7) is 1.96. The second-order valence-corrected chi connectivity index (χ2v) is 4.81. The topological polar surface area (TPSA) is 59.7 Å². The van der Waals surface area contributed by atoms with Gasteiger partial charge in [0.15, 0.2) is 17.1 Å². The second kappa shape index (κ2) is 4.98. The van der Waals surface area contributed by atoms with Crippen LogP contribution in [0.2, 0.25) is 0 Å². The third-order valence-corrected chi connectivity index (χ3v) is 3.39. The van der Waals surface area contributed by atoms with Gasteiger partial charge in [-0.2, -0.15) is 0 Å². The minimum atomic E-state index is -0.467. The van der Waals surface area contributed by atoms with Crippen LogP contribution in [0.4, 0.5) is 0 Å². The summed E-state index contributed by atoms with van der Waals surface area (Å²) >= 11 is 0. The molecule has 3 rings (SSSR count). The molecule has 0 fully saturated rings. The van der Waals surface area contributed by atoms with Crippen LogP contribution in [0.15, 0.2) is 51.7 Å². The van der Waals surface area contributed by atoms with Gasteiger partial charge < -0.3 is 14.3 Å². The average Bonchev–Trinajstić information content (AvgIpc) is 2.51. The first kappa shape index (κ1) is 13.2. The number of hydrogen-bond donors (Lipinski definition) is 1. The molecule has 0 aliphatic heterocycles. The van der Waals surface area contributed by atoms with E-state index in [0.717, 1.165) is 5.56 Å². The quantitative estimate of drug-likeness (QED) is 0.781. The van der Waals surface area contributed by atoms with Crippen molar-refractivity contribution in [2.45, 2.75) is 6.92 Å². The van der Waals surface area contributed by atoms with E-state index in [4.69, 9.17) is 9.15 Å². The van der Waals surface area contributed by atoms with Gasteiger partial charge in [0, 0.05) is 5.56 Å². The summed E-state index contributed by atoms with van der Waals surface area (Å²) in [5.41, 5.74) is 1.59. The Hall–Kier alpha value is -2.75. The minimum absolute atomic E-state index is 0.150. The van der Waals surface area contributed by atoms with Crippen molar-refractivity contribution in [2.75, 3.05) is 7.11 Å². The highest BCUT2D eigenvalue weighted by molar-refractivity contribution is 5.86. The molecule has 21 heavy (non-hydrogen) atoms. The fourth-order valence-electron chi connectivity index (χ4n) is 2.24. The van der Waals surface area contributed by atoms with E-state index < -0.39 is 5.43 Å². The molecule has 0 spiro atoms. The van der Waals surface area contributed by atoms with E-state index in [1.807, 2.05) is 19.1 Å². The van der Waals surface area contributed by atoms with Crippen LogP contribution in [-0.4, -0.2) is 12.2 Å². The van der Waals surface area contributed by atoms with Gasteiger partial charge in [-0.05, 0) is 19.1 Å². The van der Waals surface area contributed by atoms with Gasteiger partial charge in [0.1, 0.15) is 0 Å². The molecule has 0 aliphatic carbocycles. The number of methoxy groups -OCH3 is 1. The maximum atomic E-state index is 12.3. The van der Waals surface area contributed by atoms with Crippen LogP contribution in [0, 0.1) is 6.92 Å². The Bertz CT molecular complexity index is 860. The highest BCUT2D eigenvalue weighted by Crippen LogP contribution is 2.33. The zero-order valence-corrected chi connectivity index (χ0v) is 11.7. The molecular weight excluding hydrogens is 268 g/mol. The molecule has 1 heterocycles. The van der Waals surface area contributed by atoms with E-state index >= 15 is 0 Å². The fraction of sp³-hybridized carbons (Fsp3) is 0.118. The van der Waals surface area contributed by atoms with E-state index in [9.17, 15) is 9.90 Å². The first-order valence-corrected chi connectivity index (χ1v) is 6.51. The SMILES string of the molecule is COc1cccc2c(=O)c(O)c(-c3ccc(C)cc3)oc12. The Morgan fingerprint density at radius 3 is 2.48 bits per heavy atom. The van der Waals surface area contributed by atoms with Crippen molar-refractivity contribution in [3.8, 4) is 22.8 Å². The number of benzene rings is 2. The van der Waals surface area contributed by atoms with Gasteiger partial charge in [0.05, 0.1) is 12.5 Å². The van der Waals surface area contributed by atoms with E-state index in [1.165, 1.54) is 7.11 Å².